The second kappa shape index (κ2) is 9.31. The molecule has 28 heavy (non-hydrogen) atoms. The Balaban J connectivity index is 1.42. The number of halogens is 1. The zero-order chi connectivity index (χ0) is 20.0. The molecule has 1 heterocycles. The van der Waals surface area contributed by atoms with Crippen molar-refractivity contribution in [1.82, 2.24) is 9.62 Å². The molecular weight excluding hydrogens is 401 g/mol. The van der Waals surface area contributed by atoms with Gasteiger partial charge in [0.05, 0.1) is 11.4 Å². The summed E-state index contributed by atoms with van der Waals surface area (Å²) in [6, 6.07) is 12.3. The fourth-order valence-electron chi connectivity index (χ4n) is 2.83. The van der Waals surface area contributed by atoms with E-state index in [1.807, 2.05) is 0 Å². The van der Waals surface area contributed by atoms with Crippen LogP contribution < -0.4 is 15.4 Å². The van der Waals surface area contributed by atoms with E-state index < -0.39 is 10.0 Å². The lowest BCUT2D eigenvalue weighted by molar-refractivity contribution is 0.322. The molecule has 1 saturated heterocycles. The molecule has 2 aromatic rings. The summed E-state index contributed by atoms with van der Waals surface area (Å²) in [6.07, 6.45) is 1.82. The fourth-order valence-corrected chi connectivity index (χ4v) is 4.56. The summed E-state index contributed by atoms with van der Waals surface area (Å²) in [4.78, 5) is 0.282. The Morgan fingerprint density at radius 1 is 1.07 bits per heavy atom. The first-order valence-corrected chi connectivity index (χ1v) is 10.8. The summed E-state index contributed by atoms with van der Waals surface area (Å²) in [5, 5.41) is 6.34. The van der Waals surface area contributed by atoms with Crippen molar-refractivity contribution in [2.24, 2.45) is 0 Å². The van der Waals surface area contributed by atoms with Gasteiger partial charge in [-0.2, -0.15) is 4.31 Å². The van der Waals surface area contributed by atoms with Gasteiger partial charge in [0.2, 0.25) is 10.0 Å². The predicted octanol–water partition coefficient (Wildman–Crippen LogP) is 2.98. The Kier molecular flexibility index (Phi) is 6.82. The number of thiocarbonyl (C=S) groups is 1. The maximum absolute atomic E-state index is 12.9. The van der Waals surface area contributed by atoms with Gasteiger partial charge in [0.1, 0.15) is 18.2 Å². The third-order valence-corrected chi connectivity index (χ3v) is 6.44. The maximum atomic E-state index is 12.9. The van der Waals surface area contributed by atoms with E-state index in [9.17, 15) is 12.8 Å². The number of hydrogen-bond donors (Lipinski definition) is 2. The molecule has 9 heteroatoms. The molecule has 0 aliphatic carbocycles. The summed E-state index contributed by atoms with van der Waals surface area (Å²) in [7, 11) is -3.41. The highest BCUT2D eigenvalue weighted by Crippen LogP contribution is 2.22. The highest BCUT2D eigenvalue weighted by atomic mass is 32.2. The van der Waals surface area contributed by atoms with E-state index in [2.05, 4.69) is 10.6 Å². The summed E-state index contributed by atoms with van der Waals surface area (Å²) in [6.45, 7) is 1.97. The van der Waals surface area contributed by atoms with E-state index in [1.54, 1.807) is 36.4 Å². The Bertz CT molecular complexity index is 897. The minimum Gasteiger partial charge on any atom is -0.492 e. The monoisotopic (exact) mass is 423 g/mol. The van der Waals surface area contributed by atoms with Gasteiger partial charge >= 0.3 is 0 Å². The van der Waals surface area contributed by atoms with Crippen LogP contribution in [0.25, 0.3) is 0 Å². The van der Waals surface area contributed by atoms with E-state index in [0.29, 0.717) is 42.8 Å². The molecule has 1 aliphatic heterocycles. The average molecular weight is 424 g/mol. The standard InChI is InChI=1S/C19H22FN3O3S2/c20-15-3-5-16(6-4-15)22-19(27)21-11-14-26-17-7-9-18(10-8-17)28(24,25)23-12-1-2-13-23/h3-10H,1-2,11-14H2,(H2,21,22,27). The van der Waals surface area contributed by atoms with Gasteiger partial charge in [0.25, 0.3) is 0 Å². The van der Waals surface area contributed by atoms with Gasteiger partial charge in [-0.15, -0.1) is 0 Å². The van der Waals surface area contributed by atoms with Crippen molar-refractivity contribution in [3.05, 3.63) is 54.3 Å². The van der Waals surface area contributed by atoms with Gasteiger partial charge in [-0.3, -0.25) is 0 Å². The number of hydrogen-bond acceptors (Lipinski definition) is 4. The Labute approximate surface area is 169 Å². The summed E-state index contributed by atoms with van der Waals surface area (Å²) < 4.78 is 45.0. The molecule has 0 aromatic heterocycles. The minimum absolute atomic E-state index is 0.282. The molecule has 150 valence electrons. The molecule has 0 saturated carbocycles. The molecular formula is C19H22FN3O3S2. The van der Waals surface area contributed by atoms with Crippen LogP contribution in [0.1, 0.15) is 12.8 Å². The second-order valence-electron chi connectivity index (χ2n) is 6.32. The van der Waals surface area contributed by atoms with Gasteiger partial charge in [0, 0.05) is 18.8 Å². The first-order chi connectivity index (χ1) is 13.4. The zero-order valence-electron chi connectivity index (χ0n) is 15.2. The van der Waals surface area contributed by atoms with Crippen LogP contribution in [0.4, 0.5) is 10.1 Å². The van der Waals surface area contributed by atoms with Gasteiger partial charge < -0.3 is 15.4 Å². The van der Waals surface area contributed by atoms with Crippen LogP contribution >= 0.6 is 12.2 Å². The average Bonchev–Trinajstić information content (AvgIpc) is 3.23. The first-order valence-electron chi connectivity index (χ1n) is 8.98. The molecule has 1 aliphatic rings. The van der Waals surface area contributed by atoms with E-state index in [1.165, 1.54) is 16.4 Å². The fraction of sp³-hybridized carbons (Fsp3) is 0.316. The molecule has 0 spiro atoms. The molecule has 3 rings (SSSR count). The van der Waals surface area contributed by atoms with E-state index in [0.717, 1.165) is 12.8 Å². The molecule has 0 amide bonds. The van der Waals surface area contributed by atoms with E-state index >= 15 is 0 Å². The molecule has 0 unspecified atom stereocenters. The SMILES string of the molecule is O=S(=O)(c1ccc(OCCNC(=S)Nc2ccc(F)cc2)cc1)N1CCCC1. The van der Waals surface area contributed by atoms with Crippen molar-refractivity contribution < 1.29 is 17.5 Å². The molecule has 2 N–H and O–H groups in total. The van der Waals surface area contributed by atoms with E-state index in [-0.39, 0.29) is 10.7 Å². The predicted molar refractivity (Wildman–Crippen MR) is 111 cm³/mol. The number of benzene rings is 2. The smallest absolute Gasteiger partial charge is 0.243 e. The minimum atomic E-state index is -3.41. The largest absolute Gasteiger partial charge is 0.492 e. The van der Waals surface area contributed by atoms with Crippen LogP contribution in [-0.2, 0) is 10.0 Å². The molecule has 0 bridgehead atoms. The second-order valence-corrected chi connectivity index (χ2v) is 8.67. The molecule has 2 aromatic carbocycles. The van der Waals surface area contributed by atoms with Crippen molar-refractivity contribution in [2.45, 2.75) is 17.7 Å². The number of rotatable bonds is 7. The molecule has 6 nitrogen and oxygen atoms in total. The Morgan fingerprint density at radius 3 is 2.36 bits per heavy atom. The Hall–Kier alpha value is -2.23. The van der Waals surface area contributed by atoms with Crippen LogP contribution in [0.5, 0.6) is 5.75 Å². The van der Waals surface area contributed by atoms with Crippen molar-refractivity contribution >= 4 is 33.0 Å². The van der Waals surface area contributed by atoms with Crippen LogP contribution in [0.15, 0.2) is 53.4 Å². The first kappa shape index (κ1) is 20.5. The Morgan fingerprint density at radius 2 is 1.71 bits per heavy atom. The number of sulfonamides is 1. The molecule has 0 radical (unpaired) electrons. The molecule has 0 atom stereocenters. The van der Waals surface area contributed by atoms with Gasteiger partial charge in [-0.1, -0.05) is 0 Å². The summed E-state index contributed by atoms with van der Waals surface area (Å²) in [5.74, 6) is 0.275. The van der Waals surface area contributed by atoms with Crippen molar-refractivity contribution in [3.8, 4) is 5.75 Å². The molecule has 1 fully saturated rings. The summed E-state index contributed by atoms with van der Waals surface area (Å²) in [5.41, 5.74) is 0.689. The third kappa shape index (κ3) is 5.40. The number of nitrogens with zero attached hydrogens (tertiary/aromatic N) is 1. The van der Waals surface area contributed by atoms with Crippen LogP contribution in [0.3, 0.4) is 0 Å². The lowest BCUT2D eigenvalue weighted by Gasteiger charge is -2.16. The van der Waals surface area contributed by atoms with Crippen molar-refractivity contribution in [1.29, 1.82) is 0 Å². The zero-order valence-corrected chi connectivity index (χ0v) is 16.9. The number of anilines is 1. The topological polar surface area (TPSA) is 70.7 Å². The third-order valence-electron chi connectivity index (χ3n) is 4.28. The highest BCUT2D eigenvalue weighted by molar-refractivity contribution is 7.89. The van der Waals surface area contributed by atoms with Crippen LogP contribution in [0, 0.1) is 5.82 Å². The highest BCUT2D eigenvalue weighted by Gasteiger charge is 2.26. The van der Waals surface area contributed by atoms with Gasteiger partial charge in [0.15, 0.2) is 5.11 Å². The van der Waals surface area contributed by atoms with E-state index in [4.69, 9.17) is 17.0 Å². The maximum Gasteiger partial charge on any atom is 0.243 e. The van der Waals surface area contributed by atoms with Crippen molar-refractivity contribution in [2.75, 3.05) is 31.6 Å². The van der Waals surface area contributed by atoms with Crippen molar-refractivity contribution in [3.63, 3.8) is 0 Å². The lowest BCUT2D eigenvalue weighted by Crippen LogP contribution is -2.31. The lowest BCUT2D eigenvalue weighted by atomic mass is 10.3. The van der Waals surface area contributed by atoms with Gasteiger partial charge in [-0.05, 0) is 73.6 Å². The van der Waals surface area contributed by atoms with Crippen LogP contribution in [0.2, 0.25) is 0 Å². The van der Waals surface area contributed by atoms with Crippen LogP contribution in [-0.4, -0.2) is 44.1 Å². The number of nitrogens with one attached hydrogen (secondary N) is 2. The quantitative estimate of drug-likeness (QED) is 0.527. The van der Waals surface area contributed by atoms with Gasteiger partial charge in [-0.25, -0.2) is 12.8 Å². The summed E-state index contributed by atoms with van der Waals surface area (Å²) >= 11 is 5.17. The number of ether oxygens (including phenoxy) is 1. The normalized spacial score (nSPS) is 14.6.